The summed E-state index contributed by atoms with van der Waals surface area (Å²) in [6.07, 6.45) is 0. The molecule has 1 aromatic heterocycles. The first-order valence-corrected chi connectivity index (χ1v) is 7.12. The molecule has 0 amide bonds. The van der Waals surface area contributed by atoms with Crippen LogP contribution in [0.25, 0.3) is 22.3 Å². The zero-order chi connectivity index (χ0) is 15.0. The smallest absolute Gasteiger partial charge is 0.161 e. The molecule has 0 saturated heterocycles. The summed E-state index contributed by atoms with van der Waals surface area (Å²) in [5.74, 6) is 1.29. The van der Waals surface area contributed by atoms with Crippen molar-refractivity contribution < 1.29 is 4.74 Å². The predicted molar refractivity (Wildman–Crippen MR) is 86.3 cm³/mol. The highest BCUT2D eigenvalue weighted by Crippen LogP contribution is 2.30. The molecule has 106 valence electrons. The van der Waals surface area contributed by atoms with Gasteiger partial charge in [0.15, 0.2) is 5.82 Å². The van der Waals surface area contributed by atoms with Crippen LogP contribution in [0.5, 0.6) is 5.75 Å². The Bertz CT molecular complexity index is 834. The van der Waals surface area contributed by atoms with E-state index < -0.39 is 0 Å². The fraction of sp³-hybridized carbons (Fsp3) is 0.125. The van der Waals surface area contributed by atoms with Gasteiger partial charge in [0.2, 0.25) is 0 Å². The molecular weight excluding hydrogens is 307 g/mol. The van der Waals surface area contributed by atoms with Gasteiger partial charge in [-0.05, 0) is 36.8 Å². The van der Waals surface area contributed by atoms with Crippen molar-refractivity contribution in [2.75, 3.05) is 7.11 Å². The van der Waals surface area contributed by atoms with Crippen LogP contribution in [0.15, 0.2) is 36.4 Å². The first-order chi connectivity index (χ1) is 10.1. The predicted octanol–water partition coefficient (Wildman–Crippen LogP) is 4.92. The molecule has 1 heterocycles. The highest BCUT2D eigenvalue weighted by atomic mass is 35.5. The number of halogens is 2. The molecular formula is C16H12Cl2N2O. The summed E-state index contributed by atoms with van der Waals surface area (Å²) in [5.41, 5.74) is 2.58. The number of ether oxygens (including phenoxy) is 1. The van der Waals surface area contributed by atoms with Gasteiger partial charge >= 0.3 is 0 Å². The highest BCUT2D eigenvalue weighted by Gasteiger charge is 2.12. The fourth-order valence-electron chi connectivity index (χ4n) is 2.17. The number of benzene rings is 2. The van der Waals surface area contributed by atoms with Gasteiger partial charge in [0.25, 0.3) is 0 Å². The summed E-state index contributed by atoms with van der Waals surface area (Å²) in [4.78, 5) is 8.96. The first kappa shape index (κ1) is 14.1. The van der Waals surface area contributed by atoms with Crippen LogP contribution >= 0.6 is 23.2 Å². The van der Waals surface area contributed by atoms with Gasteiger partial charge in [0, 0.05) is 16.0 Å². The molecule has 2 aromatic carbocycles. The maximum Gasteiger partial charge on any atom is 0.161 e. The van der Waals surface area contributed by atoms with Crippen LogP contribution in [0.3, 0.4) is 0 Å². The van der Waals surface area contributed by atoms with Crippen molar-refractivity contribution in [3.05, 3.63) is 52.1 Å². The van der Waals surface area contributed by atoms with Crippen molar-refractivity contribution in [2.24, 2.45) is 0 Å². The topological polar surface area (TPSA) is 35.0 Å². The van der Waals surface area contributed by atoms with Crippen molar-refractivity contribution in [1.82, 2.24) is 9.97 Å². The number of methoxy groups -OCH3 is 1. The van der Waals surface area contributed by atoms with Crippen LogP contribution in [0, 0.1) is 6.92 Å². The average Bonchev–Trinajstić information content (AvgIpc) is 2.49. The highest BCUT2D eigenvalue weighted by molar-refractivity contribution is 6.34. The average molecular weight is 319 g/mol. The molecule has 0 spiro atoms. The molecule has 0 aliphatic heterocycles. The lowest BCUT2D eigenvalue weighted by molar-refractivity contribution is 0.415. The Morgan fingerprint density at radius 2 is 1.86 bits per heavy atom. The lowest BCUT2D eigenvalue weighted by atomic mass is 10.1. The minimum atomic E-state index is 0.397. The summed E-state index contributed by atoms with van der Waals surface area (Å²) >= 11 is 12.4. The lowest BCUT2D eigenvalue weighted by Crippen LogP contribution is -1.95. The van der Waals surface area contributed by atoms with E-state index in [2.05, 4.69) is 9.97 Å². The Morgan fingerprint density at radius 1 is 1.05 bits per heavy atom. The van der Waals surface area contributed by atoms with Crippen molar-refractivity contribution in [3.8, 4) is 17.1 Å². The number of aromatic nitrogens is 2. The van der Waals surface area contributed by atoms with E-state index in [0.29, 0.717) is 16.0 Å². The monoisotopic (exact) mass is 318 g/mol. The van der Waals surface area contributed by atoms with Gasteiger partial charge in [0.05, 0.1) is 12.6 Å². The molecule has 0 radical (unpaired) electrons. The molecule has 3 nitrogen and oxygen atoms in total. The third-order valence-corrected chi connectivity index (χ3v) is 4.06. The lowest BCUT2D eigenvalue weighted by Gasteiger charge is -2.09. The standard InChI is InChI=1S/C16H12Cl2N2O/c1-9-11(4-3-5-13(9)17)16-19-14-7-6-10(21-2)8-12(14)15(18)20-16/h3-8H,1-2H3. The van der Waals surface area contributed by atoms with E-state index in [9.17, 15) is 0 Å². The summed E-state index contributed by atoms with van der Waals surface area (Å²) in [7, 11) is 1.61. The van der Waals surface area contributed by atoms with Crippen LogP contribution in [0.1, 0.15) is 5.56 Å². The van der Waals surface area contributed by atoms with Crippen LogP contribution in [0.2, 0.25) is 10.2 Å². The molecule has 0 saturated carbocycles. The zero-order valence-electron chi connectivity index (χ0n) is 11.5. The molecule has 21 heavy (non-hydrogen) atoms. The second-order valence-electron chi connectivity index (χ2n) is 4.63. The number of hydrogen-bond acceptors (Lipinski definition) is 3. The van der Waals surface area contributed by atoms with Crippen LogP contribution in [0.4, 0.5) is 0 Å². The summed E-state index contributed by atoms with van der Waals surface area (Å²) in [5, 5.41) is 1.84. The van der Waals surface area contributed by atoms with E-state index in [1.165, 1.54) is 0 Å². The molecule has 3 aromatic rings. The molecule has 3 rings (SSSR count). The normalized spacial score (nSPS) is 10.9. The van der Waals surface area contributed by atoms with Crippen molar-refractivity contribution in [2.45, 2.75) is 6.92 Å². The maximum absolute atomic E-state index is 6.29. The molecule has 0 N–H and O–H groups in total. The first-order valence-electron chi connectivity index (χ1n) is 6.37. The molecule has 0 aliphatic carbocycles. The maximum atomic E-state index is 6.29. The van der Waals surface area contributed by atoms with Crippen LogP contribution in [-0.4, -0.2) is 17.1 Å². The number of nitrogens with zero attached hydrogens (tertiary/aromatic N) is 2. The quantitative estimate of drug-likeness (QED) is 0.629. The second-order valence-corrected chi connectivity index (χ2v) is 5.40. The molecule has 0 atom stereocenters. The third kappa shape index (κ3) is 2.55. The SMILES string of the molecule is COc1ccc2nc(-c3cccc(Cl)c3C)nc(Cl)c2c1. The Labute approximate surface area is 132 Å². The van der Waals surface area contributed by atoms with Crippen molar-refractivity contribution in [1.29, 1.82) is 0 Å². The Balaban J connectivity index is 2.23. The van der Waals surface area contributed by atoms with E-state index in [-0.39, 0.29) is 0 Å². The molecule has 0 bridgehead atoms. The largest absolute Gasteiger partial charge is 0.497 e. The Hall–Kier alpha value is -1.84. The summed E-state index contributed by atoms with van der Waals surface area (Å²) in [6.45, 7) is 1.94. The van der Waals surface area contributed by atoms with Gasteiger partial charge in [-0.15, -0.1) is 0 Å². The van der Waals surface area contributed by atoms with Gasteiger partial charge in [-0.1, -0.05) is 35.3 Å². The van der Waals surface area contributed by atoms with Crippen LogP contribution in [-0.2, 0) is 0 Å². The van der Waals surface area contributed by atoms with Crippen LogP contribution < -0.4 is 4.74 Å². The van der Waals surface area contributed by atoms with Crippen molar-refractivity contribution >= 4 is 34.1 Å². The Kier molecular flexibility index (Phi) is 3.70. The van der Waals surface area contributed by atoms with Gasteiger partial charge in [-0.25, -0.2) is 9.97 Å². The number of rotatable bonds is 2. The minimum Gasteiger partial charge on any atom is -0.497 e. The molecule has 5 heteroatoms. The summed E-state index contributed by atoms with van der Waals surface area (Å²) < 4.78 is 5.20. The molecule has 0 fully saturated rings. The van der Waals surface area contributed by atoms with Gasteiger partial charge in [-0.2, -0.15) is 0 Å². The van der Waals surface area contributed by atoms with E-state index in [1.54, 1.807) is 7.11 Å². The number of hydrogen-bond donors (Lipinski definition) is 0. The third-order valence-electron chi connectivity index (χ3n) is 3.36. The van der Waals surface area contributed by atoms with E-state index in [4.69, 9.17) is 27.9 Å². The Morgan fingerprint density at radius 3 is 2.62 bits per heavy atom. The minimum absolute atomic E-state index is 0.397. The second kappa shape index (κ2) is 5.51. The van der Waals surface area contributed by atoms with Gasteiger partial charge in [-0.3, -0.25) is 0 Å². The van der Waals surface area contributed by atoms with Gasteiger partial charge in [0.1, 0.15) is 10.9 Å². The van der Waals surface area contributed by atoms with Crippen molar-refractivity contribution in [3.63, 3.8) is 0 Å². The fourth-order valence-corrected chi connectivity index (χ4v) is 2.57. The molecule has 0 aliphatic rings. The summed E-state index contributed by atoms with van der Waals surface area (Å²) in [6, 6.07) is 11.2. The van der Waals surface area contributed by atoms with E-state index >= 15 is 0 Å². The van der Waals surface area contributed by atoms with E-state index in [0.717, 1.165) is 27.8 Å². The number of fused-ring (bicyclic) bond motifs is 1. The molecule has 0 unspecified atom stereocenters. The zero-order valence-corrected chi connectivity index (χ0v) is 13.0. The van der Waals surface area contributed by atoms with E-state index in [1.807, 2.05) is 43.3 Å². The van der Waals surface area contributed by atoms with Gasteiger partial charge < -0.3 is 4.74 Å².